The second kappa shape index (κ2) is 6.32. The van der Waals surface area contributed by atoms with Crippen molar-refractivity contribution in [2.45, 2.75) is 19.4 Å². The highest BCUT2D eigenvalue weighted by atomic mass is 15.3. The van der Waals surface area contributed by atoms with Crippen molar-refractivity contribution >= 4 is 17.2 Å². The van der Waals surface area contributed by atoms with Gasteiger partial charge in [-0.2, -0.15) is 0 Å². The highest BCUT2D eigenvalue weighted by Crippen LogP contribution is 2.40. The van der Waals surface area contributed by atoms with Gasteiger partial charge in [-0.05, 0) is 36.8 Å². The van der Waals surface area contributed by atoms with Crippen molar-refractivity contribution in [2.75, 3.05) is 4.90 Å². The van der Waals surface area contributed by atoms with Crippen LogP contribution in [0.25, 0.3) is 0 Å². The molecule has 0 bridgehead atoms. The van der Waals surface area contributed by atoms with Crippen molar-refractivity contribution in [2.24, 2.45) is 4.99 Å². The Hall–Kier alpha value is -2.87. The van der Waals surface area contributed by atoms with Gasteiger partial charge >= 0.3 is 0 Å². The molecule has 1 heterocycles. The number of amidine groups is 1. The molecule has 0 saturated carbocycles. The predicted octanol–water partition coefficient (Wildman–Crippen LogP) is 5.68. The Labute approximate surface area is 143 Å². The molecule has 1 aliphatic rings. The Balaban J connectivity index is 1.70. The van der Waals surface area contributed by atoms with Crippen LogP contribution in [0, 0.1) is 6.92 Å². The van der Waals surface area contributed by atoms with Crippen LogP contribution in [0.5, 0.6) is 0 Å². The standard InChI is InChI=1S/C22H20N2/c1-17-12-14-18(15-13-17)21-16-22(23-19-8-4-2-5-9-19)24(21)20-10-6-3-7-11-20/h2-15,21H,16H2,1H3. The lowest BCUT2D eigenvalue weighted by Gasteiger charge is -2.44. The summed E-state index contributed by atoms with van der Waals surface area (Å²) in [6.45, 7) is 2.13. The largest absolute Gasteiger partial charge is 0.322 e. The summed E-state index contributed by atoms with van der Waals surface area (Å²) >= 11 is 0. The van der Waals surface area contributed by atoms with E-state index in [0.29, 0.717) is 6.04 Å². The second-order valence-electron chi connectivity index (χ2n) is 6.20. The van der Waals surface area contributed by atoms with E-state index in [1.165, 1.54) is 16.8 Å². The minimum atomic E-state index is 0.357. The van der Waals surface area contributed by atoms with Gasteiger partial charge in [0, 0.05) is 12.1 Å². The first-order valence-electron chi connectivity index (χ1n) is 8.35. The quantitative estimate of drug-likeness (QED) is 0.608. The van der Waals surface area contributed by atoms with Gasteiger partial charge in [-0.25, -0.2) is 4.99 Å². The molecule has 0 radical (unpaired) electrons. The van der Waals surface area contributed by atoms with Crippen LogP contribution in [-0.2, 0) is 0 Å². The highest BCUT2D eigenvalue weighted by Gasteiger charge is 2.36. The number of aliphatic imine (C=N–C) groups is 1. The molecule has 1 saturated heterocycles. The van der Waals surface area contributed by atoms with Crippen molar-refractivity contribution in [3.63, 3.8) is 0 Å². The third kappa shape index (κ3) is 2.83. The first-order valence-corrected chi connectivity index (χ1v) is 8.35. The molecule has 4 rings (SSSR count). The fourth-order valence-corrected chi connectivity index (χ4v) is 3.15. The van der Waals surface area contributed by atoms with Gasteiger partial charge in [-0.3, -0.25) is 0 Å². The third-order valence-corrected chi connectivity index (χ3v) is 4.48. The monoisotopic (exact) mass is 312 g/mol. The van der Waals surface area contributed by atoms with E-state index in [4.69, 9.17) is 4.99 Å². The van der Waals surface area contributed by atoms with Crippen LogP contribution in [0.2, 0.25) is 0 Å². The number of anilines is 1. The number of nitrogens with zero attached hydrogens (tertiary/aromatic N) is 2. The summed E-state index contributed by atoms with van der Waals surface area (Å²) < 4.78 is 0. The van der Waals surface area contributed by atoms with Gasteiger partial charge < -0.3 is 4.90 Å². The Morgan fingerprint density at radius 2 is 1.42 bits per heavy atom. The van der Waals surface area contributed by atoms with Crippen molar-refractivity contribution in [1.82, 2.24) is 0 Å². The molecule has 3 aromatic rings. The third-order valence-electron chi connectivity index (χ3n) is 4.48. The minimum Gasteiger partial charge on any atom is -0.322 e. The molecule has 3 aromatic carbocycles. The lowest BCUT2D eigenvalue weighted by atomic mass is 9.92. The number of benzene rings is 3. The molecule has 1 fully saturated rings. The summed E-state index contributed by atoms with van der Waals surface area (Å²) in [5.74, 6) is 1.12. The SMILES string of the molecule is Cc1ccc(C2CC(=Nc3ccccc3)N2c2ccccc2)cc1. The Kier molecular flexibility index (Phi) is 3.87. The predicted molar refractivity (Wildman–Crippen MR) is 101 cm³/mol. The molecule has 0 amide bonds. The van der Waals surface area contributed by atoms with Crippen LogP contribution in [-0.4, -0.2) is 5.84 Å². The number of hydrogen-bond acceptors (Lipinski definition) is 1. The molecule has 1 aliphatic heterocycles. The molecule has 2 heteroatoms. The molecule has 1 unspecified atom stereocenters. The average Bonchev–Trinajstić information content (AvgIpc) is 2.61. The molecule has 0 spiro atoms. The fraction of sp³-hybridized carbons (Fsp3) is 0.136. The fourth-order valence-electron chi connectivity index (χ4n) is 3.15. The van der Waals surface area contributed by atoms with E-state index < -0.39 is 0 Å². The highest BCUT2D eigenvalue weighted by molar-refractivity contribution is 6.06. The molecule has 1 atom stereocenters. The van der Waals surface area contributed by atoms with E-state index in [-0.39, 0.29) is 0 Å². The molecular weight excluding hydrogens is 292 g/mol. The van der Waals surface area contributed by atoms with Crippen LogP contribution in [0.3, 0.4) is 0 Å². The number of para-hydroxylation sites is 2. The van der Waals surface area contributed by atoms with Crippen LogP contribution in [0.4, 0.5) is 11.4 Å². The Morgan fingerprint density at radius 1 is 0.792 bits per heavy atom. The Bertz CT molecular complexity index is 836. The lowest BCUT2D eigenvalue weighted by Crippen LogP contribution is -2.46. The van der Waals surface area contributed by atoms with Crippen molar-refractivity contribution in [3.8, 4) is 0 Å². The van der Waals surface area contributed by atoms with E-state index in [2.05, 4.69) is 78.6 Å². The van der Waals surface area contributed by atoms with Crippen LogP contribution < -0.4 is 4.90 Å². The zero-order valence-corrected chi connectivity index (χ0v) is 13.8. The van der Waals surface area contributed by atoms with Gasteiger partial charge in [-0.1, -0.05) is 66.2 Å². The minimum absolute atomic E-state index is 0.357. The molecule has 0 aliphatic carbocycles. The van der Waals surface area contributed by atoms with Gasteiger partial charge in [0.1, 0.15) is 5.84 Å². The zero-order valence-electron chi connectivity index (χ0n) is 13.8. The van der Waals surface area contributed by atoms with Crippen molar-refractivity contribution < 1.29 is 0 Å². The smallest absolute Gasteiger partial charge is 0.112 e. The van der Waals surface area contributed by atoms with Gasteiger partial charge in [0.05, 0.1) is 11.7 Å². The van der Waals surface area contributed by atoms with Crippen molar-refractivity contribution in [3.05, 3.63) is 96.1 Å². The molecule has 0 N–H and O–H groups in total. The van der Waals surface area contributed by atoms with E-state index in [1.54, 1.807) is 0 Å². The van der Waals surface area contributed by atoms with E-state index in [1.807, 2.05) is 18.2 Å². The zero-order chi connectivity index (χ0) is 16.4. The van der Waals surface area contributed by atoms with Crippen LogP contribution in [0.1, 0.15) is 23.6 Å². The normalized spacial score (nSPS) is 18.5. The number of hydrogen-bond donors (Lipinski definition) is 0. The van der Waals surface area contributed by atoms with Crippen LogP contribution >= 0.6 is 0 Å². The second-order valence-corrected chi connectivity index (χ2v) is 6.20. The maximum absolute atomic E-state index is 4.86. The maximum Gasteiger partial charge on any atom is 0.112 e. The molecule has 24 heavy (non-hydrogen) atoms. The molecular formula is C22H20N2. The van der Waals surface area contributed by atoms with Gasteiger partial charge in [-0.15, -0.1) is 0 Å². The summed E-state index contributed by atoms with van der Waals surface area (Å²) in [5.41, 5.74) is 4.85. The number of rotatable bonds is 3. The van der Waals surface area contributed by atoms with E-state index in [0.717, 1.165) is 17.9 Å². The van der Waals surface area contributed by atoms with Gasteiger partial charge in [0.15, 0.2) is 0 Å². The van der Waals surface area contributed by atoms with E-state index >= 15 is 0 Å². The maximum atomic E-state index is 4.86. The van der Waals surface area contributed by atoms with Crippen molar-refractivity contribution in [1.29, 1.82) is 0 Å². The molecule has 2 nitrogen and oxygen atoms in total. The van der Waals surface area contributed by atoms with Gasteiger partial charge in [0.2, 0.25) is 0 Å². The summed E-state index contributed by atoms with van der Waals surface area (Å²) in [6, 6.07) is 29.9. The summed E-state index contributed by atoms with van der Waals surface area (Å²) in [4.78, 5) is 7.20. The lowest BCUT2D eigenvalue weighted by molar-refractivity contribution is 0.652. The first-order chi connectivity index (χ1) is 11.8. The van der Waals surface area contributed by atoms with Gasteiger partial charge in [0.25, 0.3) is 0 Å². The van der Waals surface area contributed by atoms with E-state index in [9.17, 15) is 0 Å². The average molecular weight is 312 g/mol. The molecule has 118 valence electrons. The summed E-state index contributed by atoms with van der Waals surface area (Å²) in [5, 5.41) is 0. The number of aryl methyl sites for hydroxylation is 1. The molecule has 0 aromatic heterocycles. The topological polar surface area (TPSA) is 15.6 Å². The summed E-state index contributed by atoms with van der Waals surface area (Å²) in [6.07, 6.45) is 0.965. The first kappa shape index (κ1) is 14.7. The summed E-state index contributed by atoms with van der Waals surface area (Å²) in [7, 11) is 0. The van der Waals surface area contributed by atoms with Crippen LogP contribution in [0.15, 0.2) is 89.9 Å². The Morgan fingerprint density at radius 3 is 2.08 bits per heavy atom.